The average Bonchev–Trinajstić information content (AvgIpc) is 2.25. The van der Waals surface area contributed by atoms with Gasteiger partial charge in [0.25, 0.3) is 0 Å². The maximum absolute atomic E-state index is 12.1. The topological polar surface area (TPSA) is 83.5 Å². The maximum atomic E-state index is 12.1. The van der Waals surface area contributed by atoms with Crippen LogP contribution in [-0.2, 0) is 14.8 Å². The van der Waals surface area contributed by atoms with Gasteiger partial charge in [-0.25, -0.2) is 13.1 Å². The Morgan fingerprint density at radius 3 is 2.68 bits per heavy atom. The molecule has 1 rings (SSSR count). The summed E-state index contributed by atoms with van der Waals surface area (Å²) in [5.41, 5.74) is 0. The number of rotatable bonds is 6. The molecule has 0 saturated carbocycles. The van der Waals surface area contributed by atoms with Crippen LogP contribution in [0.5, 0.6) is 0 Å². The van der Waals surface area contributed by atoms with Gasteiger partial charge in [-0.3, -0.25) is 4.79 Å². The van der Waals surface area contributed by atoms with Gasteiger partial charge in [0.15, 0.2) is 0 Å². The van der Waals surface area contributed by atoms with Crippen molar-refractivity contribution in [3.63, 3.8) is 0 Å². The maximum Gasteiger partial charge on any atom is 0.303 e. The van der Waals surface area contributed by atoms with Crippen LogP contribution < -0.4 is 4.72 Å². The van der Waals surface area contributed by atoms with Crippen LogP contribution in [0.15, 0.2) is 27.6 Å². The number of benzene rings is 1. The number of halogens is 2. The molecule has 0 aliphatic heterocycles. The summed E-state index contributed by atoms with van der Waals surface area (Å²) in [6.07, 6.45) is 0.112. The molecular formula is C11H13BrClNO4S. The highest BCUT2D eigenvalue weighted by Gasteiger charge is 2.20. The van der Waals surface area contributed by atoms with Gasteiger partial charge in [-0.1, -0.05) is 27.5 Å². The number of hydrogen-bond donors (Lipinski definition) is 2. The molecule has 106 valence electrons. The molecule has 0 aromatic heterocycles. The van der Waals surface area contributed by atoms with E-state index in [1.807, 2.05) is 0 Å². The van der Waals surface area contributed by atoms with E-state index < -0.39 is 22.0 Å². The molecule has 1 aromatic rings. The summed E-state index contributed by atoms with van der Waals surface area (Å²) in [5.74, 6) is -0.965. The largest absolute Gasteiger partial charge is 0.481 e. The number of carbonyl (C=O) groups is 1. The fourth-order valence-corrected chi connectivity index (χ4v) is 3.74. The quantitative estimate of drug-likeness (QED) is 0.806. The van der Waals surface area contributed by atoms with E-state index in [2.05, 4.69) is 20.7 Å². The Kier molecular flexibility index (Phi) is 5.79. The van der Waals surface area contributed by atoms with Crippen LogP contribution in [0.25, 0.3) is 0 Å². The Morgan fingerprint density at radius 1 is 1.53 bits per heavy atom. The van der Waals surface area contributed by atoms with E-state index in [1.165, 1.54) is 12.1 Å². The van der Waals surface area contributed by atoms with E-state index >= 15 is 0 Å². The number of aliphatic carboxylic acids is 1. The molecule has 8 heteroatoms. The van der Waals surface area contributed by atoms with Gasteiger partial charge in [0.05, 0.1) is 5.02 Å². The third-order valence-corrected chi connectivity index (χ3v) is 4.90. The van der Waals surface area contributed by atoms with E-state index in [-0.39, 0.29) is 22.8 Å². The zero-order chi connectivity index (χ0) is 14.6. The average molecular weight is 371 g/mol. The number of nitrogens with one attached hydrogen (secondary N) is 1. The molecule has 1 atom stereocenters. The predicted octanol–water partition coefficient (Wildman–Crippen LogP) is 2.63. The Labute approximate surface area is 125 Å². The number of sulfonamides is 1. The molecule has 5 nitrogen and oxygen atoms in total. The smallest absolute Gasteiger partial charge is 0.303 e. The lowest BCUT2D eigenvalue weighted by Gasteiger charge is -2.14. The molecule has 19 heavy (non-hydrogen) atoms. The summed E-state index contributed by atoms with van der Waals surface area (Å²) in [5, 5.41) is 8.65. The molecule has 0 aliphatic carbocycles. The van der Waals surface area contributed by atoms with Gasteiger partial charge in [-0.15, -0.1) is 0 Å². The van der Waals surface area contributed by atoms with Gasteiger partial charge in [0.2, 0.25) is 10.0 Å². The van der Waals surface area contributed by atoms with Gasteiger partial charge < -0.3 is 5.11 Å². The zero-order valence-electron chi connectivity index (χ0n) is 10.1. The summed E-state index contributed by atoms with van der Waals surface area (Å²) in [7, 11) is -3.75. The molecule has 0 radical (unpaired) electrons. The summed E-state index contributed by atoms with van der Waals surface area (Å²) < 4.78 is 27.2. The molecule has 0 aliphatic rings. The first kappa shape index (κ1) is 16.4. The lowest BCUT2D eigenvalue weighted by molar-refractivity contribution is -0.137. The minimum Gasteiger partial charge on any atom is -0.481 e. The highest BCUT2D eigenvalue weighted by molar-refractivity contribution is 9.10. The van der Waals surface area contributed by atoms with Crippen molar-refractivity contribution in [3.8, 4) is 0 Å². The molecule has 1 unspecified atom stereocenters. The first-order valence-corrected chi connectivity index (χ1v) is 8.07. The Morgan fingerprint density at radius 2 is 2.16 bits per heavy atom. The third kappa shape index (κ3) is 5.10. The van der Waals surface area contributed by atoms with Gasteiger partial charge >= 0.3 is 5.97 Å². The molecule has 2 N–H and O–H groups in total. The van der Waals surface area contributed by atoms with E-state index in [1.54, 1.807) is 13.0 Å². The second kappa shape index (κ2) is 6.69. The third-order valence-electron chi connectivity index (χ3n) is 2.33. The Hall–Kier alpha value is -0.630. The van der Waals surface area contributed by atoms with Crippen molar-refractivity contribution >= 4 is 43.5 Å². The van der Waals surface area contributed by atoms with Crippen molar-refractivity contribution in [1.29, 1.82) is 0 Å². The van der Waals surface area contributed by atoms with Crippen LogP contribution in [0.1, 0.15) is 19.8 Å². The molecule has 0 bridgehead atoms. The molecular weight excluding hydrogens is 358 g/mol. The van der Waals surface area contributed by atoms with E-state index in [0.717, 1.165) is 0 Å². The summed E-state index contributed by atoms with van der Waals surface area (Å²) in [6.45, 7) is 1.60. The van der Waals surface area contributed by atoms with Gasteiger partial charge in [0.1, 0.15) is 4.90 Å². The van der Waals surface area contributed by atoms with Crippen LogP contribution in [0, 0.1) is 0 Å². The predicted molar refractivity (Wildman–Crippen MR) is 75.8 cm³/mol. The monoisotopic (exact) mass is 369 g/mol. The van der Waals surface area contributed by atoms with Crippen molar-refractivity contribution < 1.29 is 18.3 Å². The highest BCUT2D eigenvalue weighted by Crippen LogP contribution is 2.25. The van der Waals surface area contributed by atoms with Crippen LogP contribution in [0.4, 0.5) is 0 Å². The minimum atomic E-state index is -3.75. The van der Waals surface area contributed by atoms with Crippen LogP contribution in [0.3, 0.4) is 0 Å². The molecule has 0 spiro atoms. The van der Waals surface area contributed by atoms with Crippen molar-refractivity contribution in [2.45, 2.75) is 30.7 Å². The van der Waals surface area contributed by atoms with Crippen LogP contribution in [0.2, 0.25) is 5.02 Å². The lowest BCUT2D eigenvalue weighted by Crippen LogP contribution is -2.33. The normalized spacial score (nSPS) is 13.2. The summed E-state index contributed by atoms with van der Waals surface area (Å²) >= 11 is 9.07. The van der Waals surface area contributed by atoms with E-state index in [0.29, 0.717) is 4.47 Å². The second-order valence-electron chi connectivity index (χ2n) is 4.03. The molecule has 0 fully saturated rings. The number of hydrogen-bond acceptors (Lipinski definition) is 3. The van der Waals surface area contributed by atoms with Crippen LogP contribution in [-0.4, -0.2) is 25.5 Å². The van der Waals surface area contributed by atoms with Gasteiger partial charge in [-0.2, -0.15) is 0 Å². The van der Waals surface area contributed by atoms with Crippen molar-refractivity contribution in [2.75, 3.05) is 0 Å². The van der Waals surface area contributed by atoms with E-state index in [9.17, 15) is 13.2 Å². The second-order valence-corrected chi connectivity index (χ2v) is 7.03. The standard InChI is InChI=1S/C11H13BrClNO4S/c1-7(2-5-11(15)16)14-19(17,18)10-4-3-8(12)6-9(10)13/h3-4,6-7,14H,2,5H2,1H3,(H,15,16). The molecule has 1 aromatic carbocycles. The van der Waals surface area contributed by atoms with E-state index in [4.69, 9.17) is 16.7 Å². The van der Waals surface area contributed by atoms with Crippen LogP contribution >= 0.6 is 27.5 Å². The van der Waals surface area contributed by atoms with Gasteiger partial charge in [-0.05, 0) is 31.5 Å². The fraction of sp³-hybridized carbons (Fsp3) is 0.364. The first-order chi connectivity index (χ1) is 8.72. The van der Waals surface area contributed by atoms with Crippen molar-refractivity contribution in [1.82, 2.24) is 4.72 Å². The number of carboxylic acids is 1. The zero-order valence-corrected chi connectivity index (χ0v) is 13.2. The first-order valence-electron chi connectivity index (χ1n) is 5.41. The molecule has 0 saturated heterocycles. The summed E-state index contributed by atoms with van der Waals surface area (Å²) in [4.78, 5) is 10.4. The lowest BCUT2D eigenvalue weighted by atomic mass is 10.2. The van der Waals surface area contributed by atoms with Gasteiger partial charge in [0, 0.05) is 16.9 Å². The highest BCUT2D eigenvalue weighted by atomic mass is 79.9. The molecule has 0 amide bonds. The molecule has 0 heterocycles. The Bertz CT molecular complexity index is 576. The Balaban J connectivity index is 2.83. The summed E-state index contributed by atoms with van der Waals surface area (Å²) in [6, 6.07) is 3.96. The number of carboxylic acid groups (broad SMARTS) is 1. The minimum absolute atomic E-state index is 0.0282. The fourth-order valence-electron chi connectivity index (χ4n) is 1.42. The SMILES string of the molecule is CC(CCC(=O)O)NS(=O)(=O)c1ccc(Br)cc1Cl. The van der Waals surface area contributed by atoms with Crippen molar-refractivity contribution in [2.24, 2.45) is 0 Å². The van der Waals surface area contributed by atoms with Crippen molar-refractivity contribution in [3.05, 3.63) is 27.7 Å².